The second kappa shape index (κ2) is 1.66. The standard InChI is InChI=1S/C10H16O/c1-6-7-3-4-10(2)8(5-7)9(6)11-10/h6-9H,3-5H2,1-2H3/t6-,7+,8-,9+,10-/m0/s1. The van der Waals surface area contributed by atoms with Crippen molar-refractivity contribution < 1.29 is 4.74 Å². The Morgan fingerprint density at radius 2 is 2.27 bits per heavy atom. The third kappa shape index (κ3) is 0.581. The average molecular weight is 152 g/mol. The van der Waals surface area contributed by atoms with Crippen LogP contribution in [0.5, 0.6) is 0 Å². The first kappa shape index (κ1) is 6.47. The lowest BCUT2D eigenvalue weighted by Crippen LogP contribution is -2.56. The number of hydrogen-bond donors (Lipinski definition) is 0. The minimum Gasteiger partial charge on any atom is -0.371 e. The Morgan fingerprint density at radius 3 is 3.00 bits per heavy atom. The summed E-state index contributed by atoms with van der Waals surface area (Å²) in [5.41, 5.74) is 0.311. The van der Waals surface area contributed by atoms with Crippen molar-refractivity contribution in [3.8, 4) is 0 Å². The lowest BCUT2D eigenvalue weighted by atomic mass is 9.73. The monoisotopic (exact) mass is 152 g/mol. The molecule has 0 unspecified atom stereocenters. The highest BCUT2D eigenvalue weighted by Crippen LogP contribution is 2.60. The van der Waals surface area contributed by atoms with Gasteiger partial charge in [-0.05, 0) is 38.0 Å². The van der Waals surface area contributed by atoms with Crippen LogP contribution in [0.4, 0.5) is 0 Å². The fraction of sp³-hybridized carbons (Fsp3) is 1.00. The van der Waals surface area contributed by atoms with Gasteiger partial charge in [-0.1, -0.05) is 6.92 Å². The molecule has 2 aliphatic carbocycles. The molecule has 1 heteroatoms. The van der Waals surface area contributed by atoms with Gasteiger partial charge >= 0.3 is 0 Å². The van der Waals surface area contributed by atoms with Crippen LogP contribution in [0.2, 0.25) is 0 Å². The maximum Gasteiger partial charge on any atom is 0.0711 e. The minimum absolute atomic E-state index is 0.311. The van der Waals surface area contributed by atoms with Crippen LogP contribution in [0, 0.1) is 17.8 Å². The summed E-state index contributed by atoms with van der Waals surface area (Å²) in [6.07, 6.45) is 4.85. The molecule has 0 aromatic heterocycles. The van der Waals surface area contributed by atoms with Crippen molar-refractivity contribution in [2.24, 2.45) is 17.8 Å². The van der Waals surface area contributed by atoms with Gasteiger partial charge < -0.3 is 4.74 Å². The first-order valence-corrected chi connectivity index (χ1v) is 4.88. The summed E-state index contributed by atoms with van der Waals surface area (Å²) in [6, 6.07) is 0. The molecule has 0 radical (unpaired) electrons. The zero-order valence-electron chi connectivity index (χ0n) is 7.34. The fourth-order valence-electron chi connectivity index (χ4n) is 3.52. The van der Waals surface area contributed by atoms with E-state index in [0.29, 0.717) is 11.7 Å². The highest BCUT2D eigenvalue weighted by atomic mass is 16.5. The Morgan fingerprint density at radius 1 is 1.45 bits per heavy atom. The number of rotatable bonds is 0. The normalized spacial score (nSPS) is 66.0. The van der Waals surface area contributed by atoms with Crippen molar-refractivity contribution in [3.63, 3.8) is 0 Å². The van der Waals surface area contributed by atoms with Gasteiger partial charge in [-0.2, -0.15) is 0 Å². The molecule has 0 aromatic rings. The number of hydrogen-bond acceptors (Lipinski definition) is 1. The first-order valence-electron chi connectivity index (χ1n) is 4.88. The van der Waals surface area contributed by atoms with E-state index in [1.165, 1.54) is 19.3 Å². The zero-order chi connectivity index (χ0) is 7.64. The van der Waals surface area contributed by atoms with Crippen LogP contribution >= 0.6 is 0 Å². The molecule has 3 aliphatic rings. The van der Waals surface area contributed by atoms with Gasteiger partial charge in [0.1, 0.15) is 0 Å². The summed E-state index contributed by atoms with van der Waals surface area (Å²) in [7, 11) is 0. The average Bonchev–Trinajstić information content (AvgIpc) is 2.08. The van der Waals surface area contributed by atoms with Gasteiger partial charge in [0.05, 0.1) is 11.7 Å². The summed E-state index contributed by atoms with van der Waals surface area (Å²) in [6.45, 7) is 4.68. The Hall–Kier alpha value is -0.0400. The Bertz CT molecular complexity index is 201. The molecular weight excluding hydrogens is 136 g/mol. The molecule has 5 atom stereocenters. The molecule has 1 saturated heterocycles. The predicted octanol–water partition coefficient (Wildman–Crippen LogP) is 2.21. The largest absolute Gasteiger partial charge is 0.371 e. The molecule has 1 heterocycles. The lowest BCUT2D eigenvalue weighted by Gasteiger charge is -2.52. The molecule has 0 spiro atoms. The molecule has 2 saturated carbocycles. The SMILES string of the molecule is C[C@H]1[C@@H]2CC[C@]3(C)O[C@H]1[C@@H]3C2. The van der Waals surface area contributed by atoms with Crippen LogP contribution in [0.25, 0.3) is 0 Å². The molecule has 2 bridgehead atoms. The quantitative estimate of drug-likeness (QED) is 0.517. The third-order valence-electron chi connectivity index (χ3n) is 4.42. The maximum atomic E-state index is 5.95. The summed E-state index contributed by atoms with van der Waals surface area (Å²) in [5, 5.41) is 0. The van der Waals surface area contributed by atoms with E-state index < -0.39 is 0 Å². The molecule has 0 N–H and O–H groups in total. The maximum absolute atomic E-state index is 5.95. The van der Waals surface area contributed by atoms with Crippen molar-refractivity contribution in [2.45, 2.75) is 44.8 Å². The second-order valence-electron chi connectivity index (χ2n) is 4.90. The van der Waals surface area contributed by atoms with Gasteiger partial charge in [0, 0.05) is 5.92 Å². The Balaban J connectivity index is 1.97. The van der Waals surface area contributed by atoms with E-state index in [2.05, 4.69) is 13.8 Å². The smallest absolute Gasteiger partial charge is 0.0711 e. The van der Waals surface area contributed by atoms with Gasteiger partial charge in [-0.3, -0.25) is 0 Å². The van der Waals surface area contributed by atoms with E-state index in [1.54, 1.807) is 0 Å². The Kier molecular flexibility index (Phi) is 0.976. The van der Waals surface area contributed by atoms with Crippen LogP contribution in [0.1, 0.15) is 33.1 Å². The fourth-order valence-corrected chi connectivity index (χ4v) is 3.52. The molecule has 1 nitrogen and oxygen atoms in total. The molecule has 11 heavy (non-hydrogen) atoms. The van der Waals surface area contributed by atoms with E-state index in [1.807, 2.05) is 0 Å². The molecule has 3 rings (SSSR count). The summed E-state index contributed by atoms with van der Waals surface area (Å²) < 4.78 is 5.95. The second-order valence-corrected chi connectivity index (χ2v) is 4.90. The van der Waals surface area contributed by atoms with E-state index in [-0.39, 0.29) is 0 Å². The van der Waals surface area contributed by atoms with E-state index in [4.69, 9.17) is 4.74 Å². The van der Waals surface area contributed by atoms with Crippen LogP contribution < -0.4 is 0 Å². The van der Waals surface area contributed by atoms with Gasteiger partial charge in [-0.25, -0.2) is 0 Å². The zero-order valence-corrected chi connectivity index (χ0v) is 7.34. The molecular formula is C10H16O. The molecule has 3 fully saturated rings. The van der Waals surface area contributed by atoms with Gasteiger partial charge in [-0.15, -0.1) is 0 Å². The van der Waals surface area contributed by atoms with Crippen molar-refractivity contribution in [3.05, 3.63) is 0 Å². The van der Waals surface area contributed by atoms with Crippen LogP contribution in [-0.4, -0.2) is 11.7 Å². The number of ether oxygens (including phenoxy) is 1. The Labute approximate surface area is 68.1 Å². The van der Waals surface area contributed by atoms with Gasteiger partial charge in [0.2, 0.25) is 0 Å². The van der Waals surface area contributed by atoms with Crippen molar-refractivity contribution in [1.29, 1.82) is 0 Å². The molecule has 62 valence electrons. The lowest BCUT2D eigenvalue weighted by molar-refractivity contribution is -0.249. The topological polar surface area (TPSA) is 9.23 Å². The minimum atomic E-state index is 0.311. The van der Waals surface area contributed by atoms with Crippen LogP contribution in [0.3, 0.4) is 0 Å². The molecule has 0 aromatic carbocycles. The summed E-state index contributed by atoms with van der Waals surface area (Å²) >= 11 is 0. The summed E-state index contributed by atoms with van der Waals surface area (Å²) in [4.78, 5) is 0. The van der Waals surface area contributed by atoms with E-state index in [0.717, 1.165) is 17.8 Å². The number of fused-ring (bicyclic) bond motifs is 1. The van der Waals surface area contributed by atoms with E-state index in [9.17, 15) is 0 Å². The summed E-state index contributed by atoms with van der Waals surface area (Å²) in [5.74, 6) is 2.78. The highest BCUT2D eigenvalue weighted by molar-refractivity contribution is 5.10. The van der Waals surface area contributed by atoms with Crippen LogP contribution in [-0.2, 0) is 4.74 Å². The predicted molar refractivity (Wildman–Crippen MR) is 43.3 cm³/mol. The van der Waals surface area contributed by atoms with Crippen molar-refractivity contribution >= 4 is 0 Å². The third-order valence-corrected chi connectivity index (χ3v) is 4.42. The molecule has 0 amide bonds. The molecule has 1 aliphatic heterocycles. The van der Waals surface area contributed by atoms with Crippen molar-refractivity contribution in [2.75, 3.05) is 0 Å². The van der Waals surface area contributed by atoms with E-state index >= 15 is 0 Å². The van der Waals surface area contributed by atoms with Gasteiger partial charge in [0.15, 0.2) is 0 Å². The van der Waals surface area contributed by atoms with Crippen molar-refractivity contribution in [1.82, 2.24) is 0 Å². The van der Waals surface area contributed by atoms with Crippen LogP contribution in [0.15, 0.2) is 0 Å². The van der Waals surface area contributed by atoms with Gasteiger partial charge in [0.25, 0.3) is 0 Å². The first-order chi connectivity index (χ1) is 5.21. The highest BCUT2D eigenvalue weighted by Gasteiger charge is 2.62.